The lowest BCUT2D eigenvalue weighted by Crippen LogP contribution is -2.36. The number of aryl methyl sites for hydroxylation is 2. The number of carbonyl (C=O) groups excluding carboxylic acids is 3. The summed E-state index contributed by atoms with van der Waals surface area (Å²) in [4.78, 5) is 38.4. The molecular weight excluding hydrogens is 348 g/mol. The minimum absolute atomic E-state index is 0.191. The lowest BCUT2D eigenvalue weighted by Gasteiger charge is -2.13. The number of amides is 3. The minimum atomic E-state index is -0.372. The maximum Gasteiger partial charge on any atom is 0.244 e. The van der Waals surface area contributed by atoms with Crippen molar-refractivity contribution in [3.05, 3.63) is 53.6 Å². The lowest BCUT2D eigenvalue weighted by atomic mass is 10.1. The van der Waals surface area contributed by atoms with Gasteiger partial charge in [-0.05, 0) is 61.4 Å². The third-order valence-corrected chi connectivity index (χ3v) is 5.31. The van der Waals surface area contributed by atoms with Crippen LogP contribution < -0.4 is 5.32 Å². The molecular formula is C20H20N2O3S. The minimum Gasteiger partial charge on any atom is -0.325 e. The van der Waals surface area contributed by atoms with Gasteiger partial charge in [-0.2, -0.15) is 0 Å². The highest BCUT2D eigenvalue weighted by Gasteiger charge is 2.30. The average Bonchev–Trinajstić information content (AvgIpc) is 2.92. The topological polar surface area (TPSA) is 66.5 Å². The van der Waals surface area contributed by atoms with Crippen molar-refractivity contribution in [2.45, 2.75) is 36.5 Å². The number of nitrogens with zero attached hydrogens (tertiary/aromatic N) is 1. The molecule has 1 heterocycles. The number of benzene rings is 2. The summed E-state index contributed by atoms with van der Waals surface area (Å²) < 4.78 is 0. The molecule has 0 saturated carbocycles. The Balaban J connectivity index is 1.58. The first-order valence-electron chi connectivity index (χ1n) is 8.40. The number of imide groups is 1. The molecule has 5 nitrogen and oxygen atoms in total. The van der Waals surface area contributed by atoms with Crippen molar-refractivity contribution >= 4 is 35.2 Å². The predicted molar refractivity (Wildman–Crippen MR) is 101 cm³/mol. The van der Waals surface area contributed by atoms with Crippen LogP contribution in [-0.4, -0.2) is 29.2 Å². The quantitative estimate of drug-likeness (QED) is 0.820. The van der Waals surface area contributed by atoms with Gasteiger partial charge in [-0.1, -0.05) is 17.8 Å². The fraction of sp³-hybridized carbons (Fsp3) is 0.250. The Hall–Kier alpha value is -2.60. The van der Waals surface area contributed by atoms with Crippen molar-refractivity contribution in [2.24, 2.45) is 0 Å². The zero-order valence-electron chi connectivity index (χ0n) is 14.7. The van der Waals surface area contributed by atoms with Crippen LogP contribution in [0.5, 0.6) is 0 Å². The monoisotopic (exact) mass is 368 g/mol. The Bertz CT molecular complexity index is 846. The zero-order valence-corrected chi connectivity index (χ0v) is 15.6. The van der Waals surface area contributed by atoms with E-state index in [4.69, 9.17) is 0 Å². The number of hydrogen-bond donors (Lipinski definition) is 1. The summed E-state index contributed by atoms with van der Waals surface area (Å²) >= 11 is 1.65. The van der Waals surface area contributed by atoms with Crippen molar-refractivity contribution in [3.8, 4) is 0 Å². The van der Waals surface area contributed by atoms with Crippen molar-refractivity contribution < 1.29 is 14.4 Å². The summed E-state index contributed by atoms with van der Waals surface area (Å²) in [5.74, 6) is -0.946. The third-order valence-electron chi connectivity index (χ3n) is 4.31. The maximum atomic E-state index is 12.0. The van der Waals surface area contributed by atoms with Crippen molar-refractivity contribution in [1.82, 2.24) is 4.90 Å². The molecule has 3 rings (SSSR count). The van der Waals surface area contributed by atoms with E-state index in [2.05, 4.69) is 37.4 Å². The highest BCUT2D eigenvalue weighted by atomic mass is 32.2. The molecule has 134 valence electrons. The molecule has 0 aromatic heterocycles. The number of carbonyl (C=O) groups is 3. The van der Waals surface area contributed by atoms with Gasteiger partial charge < -0.3 is 5.32 Å². The first-order chi connectivity index (χ1) is 12.4. The number of nitrogens with one attached hydrogen (secondary N) is 1. The SMILES string of the molecule is Cc1ccc(Sc2ccc(NC(=O)CN3C(=O)CCC3=O)cc2)cc1C. The van der Waals surface area contributed by atoms with Crippen LogP contribution in [0.4, 0.5) is 5.69 Å². The number of rotatable bonds is 5. The van der Waals surface area contributed by atoms with Gasteiger partial charge in [0, 0.05) is 28.3 Å². The van der Waals surface area contributed by atoms with E-state index in [1.165, 1.54) is 11.1 Å². The second kappa shape index (κ2) is 7.74. The molecule has 1 fully saturated rings. The largest absolute Gasteiger partial charge is 0.325 e. The van der Waals surface area contributed by atoms with Gasteiger partial charge in [-0.25, -0.2) is 0 Å². The Morgan fingerprint density at radius 1 is 0.962 bits per heavy atom. The molecule has 3 amide bonds. The molecule has 0 radical (unpaired) electrons. The van der Waals surface area contributed by atoms with Crippen LogP contribution in [0.2, 0.25) is 0 Å². The lowest BCUT2D eigenvalue weighted by molar-refractivity contribution is -0.141. The standard InChI is InChI=1S/C20H20N2O3S/c1-13-3-6-17(11-14(13)2)26-16-7-4-15(5-8-16)21-18(23)12-22-19(24)9-10-20(22)25/h3-8,11H,9-10,12H2,1-2H3,(H,21,23). The van der Waals surface area contributed by atoms with E-state index in [-0.39, 0.29) is 37.1 Å². The van der Waals surface area contributed by atoms with Gasteiger partial charge in [-0.3, -0.25) is 19.3 Å². The van der Waals surface area contributed by atoms with E-state index in [0.717, 1.165) is 14.7 Å². The zero-order chi connectivity index (χ0) is 18.7. The number of anilines is 1. The third kappa shape index (κ3) is 4.32. The van der Waals surface area contributed by atoms with Gasteiger partial charge in [0.1, 0.15) is 6.54 Å². The fourth-order valence-electron chi connectivity index (χ4n) is 2.66. The van der Waals surface area contributed by atoms with Crippen LogP contribution in [0.15, 0.2) is 52.3 Å². The molecule has 0 spiro atoms. The summed E-state index contributed by atoms with van der Waals surface area (Å²) in [7, 11) is 0. The molecule has 1 saturated heterocycles. The summed E-state index contributed by atoms with van der Waals surface area (Å²) in [5, 5.41) is 2.72. The predicted octanol–water partition coefficient (Wildman–Crippen LogP) is 3.54. The second-order valence-corrected chi connectivity index (χ2v) is 7.44. The highest BCUT2D eigenvalue weighted by Crippen LogP contribution is 2.29. The van der Waals surface area contributed by atoms with Crippen molar-refractivity contribution in [3.63, 3.8) is 0 Å². The summed E-state index contributed by atoms with van der Waals surface area (Å²) in [6, 6.07) is 13.8. The van der Waals surface area contributed by atoms with E-state index in [1.807, 2.05) is 24.3 Å². The Morgan fingerprint density at radius 3 is 2.19 bits per heavy atom. The molecule has 0 aliphatic carbocycles. The Labute approximate surface area is 156 Å². The molecule has 1 aliphatic rings. The molecule has 0 bridgehead atoms. The summed E-state index contributed by atoms with van der Waals surface area (Å²) in [6.45, 7) is 3.95. The summed E-state index contributed by atoms with van der Waals surface area (Å²) in [5.41, 5.74) is 3.16. The average molecular weight is 368 g/mol. The van der Waals surface area contributed by atoms with Crippen molar-refractivity contribution in [1.29, 1.82) is 0 Å². The van der Waals surface area contributed by atoms with Crippen LogP contribution in [0, 0.1) is 13.8 Å². The Morgan fingerprint density at radius 2 is 1.58 bits per heavy atom. The van der Waals surface area contributed by atoms with Gasteiger partial charge in [0.05, 0.1) is 0 Å². The molecule has 2 aromatic rings. The van der Waals surface area contributed by atoms with Gasteiger partial charge in [0.15, 0.2) is 0 Å². The van der Waals surface area contributed by atoms with E-state index >= 15 is 0 Å². The maximum absolute atomic E-state index is 12.0. The Kier molecular flexibility index (Phi) is 5.42. The second-order valence-electron chi connectivity index (χ2n) is 6.29. The highest BCUT2D eigenvalue weighted by molar-refractivity contribution is 7.99. The van der Waals surface area contributed by atoms with Crippen LogP contribution in [0.1, 0.15) is 24.0 Å². The molecule has 0 unspecified atom stereocenters. The van der Waals surface area contributed by atoms with Crippen molar-refractivity contribution in [2.75, 3.05) is 11.9 Å². The first kappa shape index (κ1) is 18.2. The van der Waals surface area contributed by atoms with E-state index < -0.39 is 0 Å². The fourth-order valence-corrected chi connectivity index (χ4v) is 3.58. The van der Waals surface area contributed by atoms with Crippen LogP contribution in [-0.2, 0) is 14.4 Å². The van der Waals surface area contributed by atoms with Crippen LogP contribution in [0.3, 0.4) is 0 Å². The summed E-state index contributed by atoms with van der Waals surface area (Å²) in [6.07, 6.45) is 0.382. The molecule has 26 heavy (non-hydrogen) atoms. The van der Waals surface area contributed by atoms with E-state index in [9.17, 15) is 14.4 Å². The molecule has 6 heteroatoms. The molecule has 1 aliphatic heterocycles. The van der Waals surface area contributed by atoms with E-state index in [0.29, 0.717) is 5.69 Å². The molecule has 1 N–H and O–H groups in total. The molecule has 0 atom stereocenters. The van der Waals surface area contributed by atoms with Crippen LogP contribution in [0.25, 0.3) is 0 Å². The number of likely N-dealkylation sites (tertiary alicyclic amines) is 1. The first-order valence-corrected chi connectivity index (χ1v) is 9.22. The van der Waals surface area contributed by atoms with Gasteiger partial charge in [-0.15, -0.1) is 0 Å². The van der Waals surface area contributed by atoms with Crippen LogP contribution >= 0.6 is 11.8 Å². The van der Waals surface area contributed by atoms with E-state index in [1.54, 1.807) is 11.8 Å². The van der Waals surface area contributed by atoms with Gasteiger partial charge >= 0.3 is 0 Å². The smallest absolute Gasteiger partial charge is 0.244 e. The van der Waals surface area contributed by atoms with Gasteiger partial charge in [0.2, 0.25) is 17.7 Å². The molecule has 2 aromatic carbocycles. The number of hydrogen-bond acceptors (Lipinski definition) is 4. The van der Waals surface area contributed by atoms with Gasteiger partial charge in [0.25, 0.3) is 0 Å². The normalized spacial score (nSPS) is 14.0.